The lowest BCUT2D eigenvalue weighted by Crippen LogP contribution is -2.40. The van der Waals surface area contributed by atoms with E-state index in [1.165, 1.54) is 11.1 Å². The lowest BCUT2D eigenvalue weighted by molar-refractivity contribution is -0.117. The molecular weight excluding hydrogens is 590 g/mol. The second-order valence-electron chi connectivity index (χ2n) is 11.4. The normalized spacial score (nSPS) is 17.4. The number of Topliss-reactive ketones (excluding diaryl/α,β-unsaturated/α-hetero) is 2. The average molecular weight is 627 g/mol. The molecule has 6 rings (SSSR count). The summed E-state index contributed by atoms with van der Waals surface area (Å²) in [5.74, 6) is 1.07. The van der Waals surface area contributed by atoms with Gasteiger partial charge in [0.1, 0.15) is 6.61 Å². The molecule has 0 N–H and O–H groups in total. The number of benzene rings is 3. The van der Waals surface area contributed by atoms with Crippen LogP contribution in [0.5, 0.6) is 11.5 Å². The third-order valence-electron chi connectivity index (χ3n) is 8.60. The van der Waals surface area contributed by atoms with Gasteiger partial charge >= 0.3 is 0 Å². The first-order valence-corrected chi connectivity index (χ1v) is 15.6. The van der Waals surface area contributed by atoms with Crippen molar-refractivity contribution in [3.05, 3.63) is 116 Å². The van der Waals surface area contributed by atoms with E-state index in [1.807, 2.05) is 30.3 Å². The topological polar surface area (TPSA) is 55.8 Å². The summed E-state index contributed by atoms with van der Waals surface area (Å²) in [6, 6.07) is 22.6. The molecule has 0 fully saturated rings. The third-order valence-corrected chi connectivity index (χ3v) is 9.19. The van der Waals surface area contributed by atoms with Crippen LogP contribution in [0.2, 0.25) is 0 Å². The molecule has 0 bridgehead atoms. The van der Waals surface area contributed by atoms with Crippen LogP contribution >= 0.6 is 15.9 Å². The van der Waals surface area contributed by atoms with E-state index >= 15 is 0 Å². The molecule has 216 valence electrons. The second kappa shape index (κ2) is 12.3. The van der Waals surface area contributed by atoms with Gasteiger partial charge in [-0.2, -0.15) is 0 Å². The molecule has 0 amide bonds. The number of ketones is 2. The number of aryl methyl sites for hydroxylation is 1. The van der Waals surface area contributed by atoms with Crippen LogP contribution in [0.25, 0.3) is 0 Å². The van der Waals surface area contributed by atoms with Crippen molar-refractivity contribution in [2.45, 2.75) is 64.4 Å². The van der Waals surface area contributed by atoms with Crippen molar-refractivity contribution >= 4 is 27.5 Å². The van der Waals surface area contributed by atoms with Crippen molar-refractivity contribution in [3.63, 3.8) is 0 Å². The number of methoxy groups -OCH3 is 1. The Morgan fingerprint density at radius 3 is 2.14 bits per heavy atom. The quantitative estimate of drug-likeness (QED) is 0.254. The number of allylic oxidation sites excluding steroid dienone is 4. The molecule has 6 heteroatoms. The molecule has 1 aliphatic heterocycles. The van der Waals surface area contributed by atoms with Gasteiger partial charge in [-0.25, -0.2) is 0 Å². The molecule has 0 spiro atoms. The standard InChI is InChI=1S/C36H36BrNO4/c1-23-9-6-12-25(19-23)22-42-36-27(37)20-26(21-32(36)41-2)33-34-28(13-7-15-30(34)39)38(18-17-24-10-4-3-5-11-24)29-14-8-16-31(40)35(29)33/h3-6,9-12,19-21,33H,7-8,13-18,22H2,1-2H3. The molecule has 5 nitrogen and oxygen atoms in total. The molecule has 0 unspecified atom stereocenters. The van der Waals surface area contributed by atoms with Crippen molar-refractivity contribution < 1.29 is 19.1 Å². The summed E-state index contributed by atoms with van der Waals surface area (Å²) < 4.78 is 12.8. The molecule has 0 atom stereocenters. The van der Waals surface area contributed by atoms with Crippen molar-refractivity contribution in [1.82, 2.24) is 4.90 Å². The van der Waals surface area contributed by atoms with Crippen LogP contribution in [-0.4, -0.2) is 30.1 Å². The lowest BCUT2D eigenvalue weighted by atomic mass is 9.71. The number of rotatable bonds is 8. The highest BCUT2D eigenvalue weighted by Crippen LogP contribution is 2.51. The lowest BCUT2D eigenvalue weighted by Gasteiger charge is -2.44. The van der Waals surface area contributed by atoms with E-state index in [9.17, 15) is 9.59 Å². The summed E-state index contributed by atoms with van der Waals surface area (Å²) in [5.41, 5.74) is 8.14. The van der Waals surface area contributed by atoms with Crippen LogP contribution in [-0.2, 0) is 22.6 Å². The molecule has 0 aromatic heterocycles. The maximum atomic E-state index is 13.7. The van der Waals surface area contributed by atoms with Crippen molar-refractivity contribution in [3.8, 4) is 11.5 Å². The summed E-state index contributed by atoms with van der Waals surface area (Å²) in [5, 5.41) is 0. The summed E-state index contributed by atoms with van der Waals surface area (Å²) in [6.45, 7) is 3.22. The minimum Gasteiger partial charge on any atom is -0.493 e. The molecule has 2 aliphatic carbocycles. The van der Waals surface area contributed by atoms with Crippen LogP contribution < -0.4 is 9.47 Å². The van der Waals surface area contributed by atoms with E-state index in [0.29, 0.717) is 30.9 Å². The third kappa shape index (κ3) is 5.57. The molecule has 42 heavy (non-hydrogen) atoms. The second-order valence-corrected chi connectivity index (χ2v) is 12.3. The SMILES string of the molecule is COc1cc(C2C3=C(CCCC3=O)N(CCc3ccccc3)C3=C2C(=O)CCC3)cc(Br)c1OCc1cccc(C)c1. The first kappa shape index (κ1) is 28.5. The summed E-state index contributed by atoms with van der Waals surface area (Å²) in [7, 11) is 1.63. The summed E-state index contributed by atoms with van der Waals surface area (Å²) >= 11 is 3.74. The number of carbonyl (C=O) groups excluding carboxylic acids is 2. The zero-order chi connectivity index (χ0) is 29.2. The van der Waals surface area contributed by atoms with E-state index in [4.69, 9.17) is 9.47 Å². The molecule has 3 aromatic rings. The molecule has 1 heterocycles. The number of hydrogen-bond donors (Lipinski definition) is 0. The van der Waals surface area contributed by atoms with Crippen LogP contribution in [0.3, 0.4) is 0 Å². The molecule has 3 aromatic carbocycles. The van der Waals surface area contributed by atoms with E-state index < -0.39 is 5.92 Å². The first-order chi connectivity index (χ1) is 20.4. The Hall–Kier alpha value is -3.64. The molecule has 0 saturated carbocycles. The summed E-state index contributed by atoms with van der Waals surface area (Å²) in [4.78, 5) is 29.8. The van der Waals surface area contributed by atoms with Crippen LogP contribution in [0.1, 0.15) is 66.7 Å². The Kier molecular flexibility index (Phi) is 8.34. The Morgan fingerprint density at radius 1 is 0.833 bits per heavy atom. The largest absolute Gasteiger partial charge is 0.493 e. The monoisotopic (exact) mass is 625 g/mol. The predicted molar refractivity (Wildman–Crippen MR) is 168 cm³/mol. The van der Waals surface area contributed by atoms with Gasteiger partial charge in [0.15, 0.2) is 23.1 Å². The molecular formula is C36H36BrNO4. The highest BCUT2D eigenvalue weighted by atomic mass is 79.9. The van der Waals surface area contributed by atoms with Gasteiger partial charge in [0.05, 0.1) is 11.6 Å². The van der Waals surface area contributed by atoms with Gasteiger partial charge in [-0.15, -0.1) is 0 Å². The van der Waals surface area contributed by atoms with Gasteiger partial charge in [-0.1, -0.05) is 60.2 Å². The number of hydrogen-bond acceptors (Lipinski definition) is 5. The number of ether oxygens (including phenoxy) is 2. The zero-order valence-electron chi connectivity index (χ0n) is 24.3. The number of carbonyl (C=O) groups is 2. The minimum atomic E-state index is -0.403. The van der Waals surface area contributed by atoms with Crippen molar-refractivity contribution in [1.29, 1.82) is 0 Å². The van der Waals surface area contributed by atoms with Gasteiger partial charge in [0.25, 0.3) is 0 Å². The predicted octanol–water partition coefficient (Wildman–Crippen LogP) is 8.00. The van der Waals surface area contributed by atoms with E-state index in [0.717, 1.165) is 76.8 Å². The van der Waals surface area contributed by atoms with Gasteiger partial charge in [0, 0.05) is 47.8 Å². The van der Waals surface area contributed by atoms with E-state index in [-0.39, 0.29) is 11.6 Å². The average Bonchev–Trinajstić information content (AvgIpc) is 2.99. The maximum absolute atomic E-state index is 13.7. The molecule has 0 saturated heterocycles. The Morgan fingerprint density at radius 2 is 1.50 bits per heavy atom. The van der Waals surface area contributed by atoms with E-state index in [2.05, 4.69) is 64.2 Å². The first-order valence-electron chi connectivity index (χ1n) is 14.8. The van der Waals surface area contributed by atoms with Gasteiger partial charge in [0.2, 0.25) is 0 Å². The minimum absolute atomic E-state index is 0.144. The van der Waals surface area contributed by atoms with Crippen molar-refractivity contribution in [2.24, 2.45) is 0 Å². The van der Waals surface area contributed by atoms with Gasteiger partial charge in [-0.3, -0.25) is 9.59 Å². The van der Waals surface area contributed by atoms with E-state index in [1.54, 1.807) is 7.11 Å². The fourth-order valence-electron chi connectivity index (χ4n) is 6.71. The number of halogens is 1. The summed E-state index contributed by atoms with van der Waals surface area (Å²) in [6.07, 6.45) is 5.22. The molecule has 3 aliphatic rings. The zero-order valence-corrected chi connectivity index (χ0v) is 25.8. The smallest absolute Gasteiger partial charge is 0.175 e. The Bertz CT molecular complexity index is 1550. The Labute approximate surface area is 256 Å². The van der Waals surface area contributed by atoms with Crippen LogP contribution in [0.4, 0.5) is 0 Å². The fraction of sp³-hybridized carbons (Fsp3) is 0.333. The fourth-order valence-corrected chi connectivity index (χ4v) is 7.28. The van der Waals surface area contributed by atoms with Gasteiger partial charge < -0.3 is 14.4 Å². The highest BCUT2D eigenvalue weighted by molar-refractivity contribution is 9.10. The maximum Gasteiger partial charge on any atom is 0.175 e. The Balaban J connectivity index is 1.41. The van der Waals surface area contributed by atoms with Crippen molar-refractivity contribution in [2.75, 3.05) is 13.7 Å². The van der Waals surface area contributed by atoms with Crippen LogP contribution in [0.15, 0.2) is 93.7 Å². The number of nitrogens with zero attached hydrogens (tertiary/aromatic N) is 1. The van der Waals surface area contributed by atoms with Crippen LogP contribution in [0, 0.1) is 6.92 Å². The molecule has 0 radical (unpaired) electrons. The highest BCUT2D eigenvalue weighted by Gasteiger charge is 2.43. The van der Waals surface area contributed by atoms with Gasteiger partial charge in [-0.05, 0) is 83.8 Å².